The molecule has 0 radical (unpaired) electrons. The minimum absolute atomic E-state index is 0.242. The fourth-order valence-electron chi connectivity index (χ4n) is 6.31. The zero-order valence-electron chi connectivity index (χ0n) is 23.0. The van der Waals surface area contributed by atoms with E-state index in [0.29, 0.717) is 35.6 Å². The van der Waals surface area contributed by atoms with Gasteiger partial charge in [-0.2, -0.15) is 11.3 Å². The molecule has 2 aliphatic carbocycles. The lowest BCUT2D eigenvalue weighted by atomic mass is 9.75. The predicted molar refractivity (Wildman–Crippen MR) is 163 cm³/mol. The summed E-state index contributed by atoms with van der Waals surface area (Å²) in [5.74, 6) is -0.989. The van der Waals surface area contributed by atoms with E-state index in [2.05, 4.69) is 45.1 Å². The first-order chi connectivity index (χ1) is 19.8. The molecule has 2 amide bonds. The number of aryl methyl sites for hydroxylation is 1. The van der Waals surface area contributed by atoms with Crippen molar-refractivity contribution in [3.63, 3.8) is 0 Å². The van der Waals surface area contributed by atoms with Gasteiger partial charge in [-0.1, -0.05) is 31.0 Å². The molecular weight excluding hydrogens is 534 g/mol. The van der Waals surface area contributed by atoms with Crippen LogP contribution in [0.2, 0.25) is 0 Å². The van der Waals surface area contributed by atoms with Gasteiger partial charge in [-0.25, -0.2) is 4.79 Å². The highest BCUT2D eigenvalue weighted by Gasteiger charge is 2.45. The van der Waals surface area contributed by atoms with E-state index in [9.17, 15) is 14.4 Å². The highest BCUT2D eigenvalue weighted by atomic mass is 32.1. The van der Waals surface area contributed by atoms with Gasteiger partial charge in [0.1, 0.15) is 5.54 Å². The lowest BCUT2D eigenvalue weighted by molar-refractivity contribution is -0.131. The molecule has 0 unspecified atom stereocenters. The summed E-state index contributed by atoms with van der Waals surface area (Å²) in [6.07, 6.45) is 9.45. The van der Waals surface area contributed by atoms with Gasteiger partial charge in [-0.3, -0.25) is 9.59 Å². The molecule has 7 nitrogen and oxygen atoms in total. The highest BCUT2D eigenvalue weighted by Crippen LogP contribution is 2.45. The van der Waals surface area contributed by atoms with E-state index < -0.39 is 11.5 Å². The fraction of sp³-hybridized carbons (Fsp3) is 0.303. The van der Waals surface area contributed by atoms with Crippen molar-refractivity contribution in [2.45, 2.75) is 56.4 Å². The normalized spacial score (nSPS) is 16.6. The van der Waals surface area contributed by atoms with Crippen LogP contribution >= 0.6 is 11.3 Å². The molecule has 0 aliphatic heterocycles. The van der Waals surface area contributed by atoms with Crippen LogP contribution in [0.3, 0.4) is 0 Å². The second kappa shape index (κ2) is 11.0. The molecule has 210 valence electrons. The molecule has 2 heterocycles. The van der Waals surface area contributed by atoms with Gasteiger partial charge in [0.05, 0.1) is 5.69 Å². The van der Waals surface area contributed by atoms with Crippen molar-refractivity contribution in [1.82, 2.24) is 9.88 Å². The second-order valence-electron chi connectivity index (χ2n) is 11.2. The summed E-state index contributed by atoms with van der Waals surface area (Å²) in [7, 11) is 2.08. The molecule has 0 saturated heterocycles. The van der Waals surface area contributed by atoms with Crippen molar-refractivity contribution >= 4 is 51.8 Å². The van der Waals surface area contributed by atoms with Crippen molar-refractivity contribution in [1.29, 1.82) is 0 Å². The molecule has 6 rings (SSSR count). The van der Waals surface area contributed by atoms with Crippen LogP contribution in [0.5, 0.6) is 0 Å². The van der Waals surface area contributed by atoms with E-state index >= 15 is 0 Å². The van der Waals surface area contributed by atoms with Gasteiger partial charge in [-0.15, -0.1) is 0 Å². The second-order valence-corrected chi connectivity index (χ2v) is 12.0. The number of carboxylic acids is 1. The van der Waals surface area contributed by atoms with Gasteiger partial charge < -0.3 is 20.3 Å². The summed E-state index contributed by atoms with van der Waals surface area (Å²) in [4.78, 5) is 37.7. The Hall–Kier alpha value is -4.17. The molecule has 41 heavy (non-hydrogen) atoms. The average molecular weight is 568 g/mol. The number of nitrogens with one attached hydrogen (secondary N) is 2. The number of benzene rings is 2. The number of aromatic nitrogens is 1. The number of nitrogens with zero attached hydrogens (tertiary/aromatic N) is 1. The summed E-state index contributed by atoms with van der Waals surface area (Å²) in [5.41, 5.74) is 5.78. The topological polar surface area (TPSA) is 100 Å². The number of hydrogen-bond donors (Lipinski definition) is 3. The number of rotatable bonds is 8. The van der Waals surface area contributed by atoms with Crippen LogP contribution in [0.15, 0.2) is 65.4 Å². The Morgan fingerprint density at radius 1 is 1.02 bits per heavy atom. The Bertz CT molecular complexity index is 1640. The maximum atomic E-state index is 13.6. The molecule has 4 aromatic rings. The molecule has 2 aliphatic rings. The Kier molecular flexibility index (Phi) is 7.26. The number of anilines is 1. The third-order valence-electron chi connectivity index (χ3n) is 8.64. The first-order valence-electron chi connectivity index (χ1n) is 14.1. The zero-order chi connectivity index (χ0) is 28.6. The molecule has 0 spiro atoms. The highest BCUT2D eigenvalue weighted by molar-refractivity contribution is 7.08. The molecule has 0 atom stereocenters. The van der Waals surface area contributed by atoms with E-state index in [1.807, 2.05) is 12.1 Å². The van der Waals surface area contributed by atoms with Crippen molar-refractivity contribution in [3.8, 4) is 11.3 Å². The first-order valence-corrected chi connectivity index (χ1v) is 15.1. The van der Waals surface area contributed by atoms with Crippen molar-refractivity contribution in [2.24, 2.45) is 7.05 Å². The molecule has 2 aromatic heterocycles. The number of aliphatic carboxylic acids is 1. The summed E-state index contributed by atoms with van der Waals surface area (Å²) in [5, 5.41) is 20.3. The quantitative estimate of drug-likeness (QED) is 0.201. The monoisotopic (exact) mass is 567 g/mol. The Morgan fingerprint density at radius 3 is 2.41 bits per heavy atom. The van der Waals surface area contributed by atoms with Crippen LogP contribution in [0.1, 0.15) is 72.3 Å². The van der Waals surface area contributed by atoms with Crippen LogP contribution in [0.4, 0.5) is 5.69 Å². The van der Waals surface area contributed by atoms with E-state index in [-0.39, 0.29) is 11.8 Å². The third kappa shape index (κ3) is 5.20. The third-order valence-corrected chi connectivity index (χ3v) is 9.32. The summed E-state index contributed by atoms with van der Waals surface area (Å²) in [6, 6.07) is 15.0. The molecule has 3 N–H and O–H groups in total. The van der Waals surface area contributed by atoms with Gasteiger partial charge >= 0.3 is 5.97 Å². The van der Waals surface area contributed by atoms with Gasteiger partial charge in [0, 0.05) is 46.2 Å². The Labute approximate surface area is 242 Å². The van der Waals surface area contributed by atoms with Gasteiger partial charge in [0.15, 0.2) is 0 Å². The summed E-state index contributed by atoms with van der Waals surface area (Å²) in [6.45, 7) is 0. The molecule has 8 heteroatoms. The van der Waals surface area contributed by atoms with Gasteiger partial charge in [-0.05, 0) is 90.9 Å². The van der Waals surface area contributed by atoms with Crippen molar-refractivity contribution in [3.05, 3.63) is 82.1 Å². The zero-order valence-corrected chi connectivity index (χ0v) is 23.8. The van der Waals surface area contributed by atoms with E-state index in [1.165, 1.54) is 54.0 Å². The fourth-order valence-corrected chi connectivity index (χ4v) is 6.95. The summed E-state index contributed by atoms with van der Waals surface area (Å²) >= 11 is 1.69. The molecule has 2 saturated carbocycles. The lowest BCUT2D eigenvalue weighted by Gasteiger charge is -2.40. The Balaban J connectivity index is 1.24. The maximum absolute atomic E-state index is 13.6. The SMILES string of the molecule is Cn1c(-c2ccsc2)c(C2CCCC2)c2ccc(C(=O)NC3(C(=O)Nc4ccc(/C=C/C(=O)O)cc4)CCC3)cc21. The molecular formula is C33H33N3O4S. The van der Waals surface area contributed by atoms with Crippen LogP contribution in [-0.2, 0) is 16.6 Å². The minimum Gasteiger partial charge on any atom is -0.478 e. The maximum Gasteiger partial charge on any atom is 0.328 e. The van der Waals surface area contributed by atoms with Crippen LogP contribution in [0.25, 0.3) is 28.2 Å². The van der Waals surface area contributed by atoms with Crippen LogP contribution in [-0.4, -0.2) is 33.0 Å². The number of fused-ring (bicyclic) bond motifs is 1. The van der Waals surface area contributed by atoms with E-state index in [0.717, 1.165) is 18.0 Å². The number of carbonyl (C=O) groups is 3. The van der Waals surface area contributed by atoms with Crippen LogP contribution in [0, 0.1) is 0 Å². The van der Waals surface area contributed by atoms with Crippen molar-refractivity contribution < 1.29 is 19.5 Å². The number of carboxylic acid groups (broad SMARTS) is 1. The van der Waals surface area contributed by atoms with Crippen molar-refractivity contribution in [2.75, 3.05) is 5.32 Å². The standard InChI is InChI=1S/C33H33N3O4S/c1-36-27-19-23(10-13-26(27)29(22-5-2-3-6-22)30(36)24-15-18-41-20-24)31(39)35-33(16-4-17-33)32(40)34-25-11-7-21(8-12-25)9-14-28(37)38/h7-15,18-20,22H,2-6,16-17H2,1H3,(H,34,40)(H,35,39)(H,37,38)/b14-9+. The number of carbonyl (C=O) groups excluding carboxylic acids is 2. The number of hydrogen-bond acceptors (Lipinski definition) is 4. The smallest absolute Gasteiger partial charge is 0.328 e. The van der Waals surface area contributed by atoms with E-state index in [1.54, 1.807) is 35.6 Å². The molecule has 2 fully saturated rings. The predicted octanol–water partition coefficient (Wildman–Crippen LogP) is 6.95. The molecule has 2 aromatic carbocycles. The average Bonchev–Trinajstić information content (AvgIpc) is 3.71. The first kappa shape index (κ1) is 27.0. The lowest BCUT2D eigenvalue weighted by Crippen LogP contribution is -2.61. The van der Waals surface area contributed by atoms with E-state index in [4.69, 9.17) is 5.11 Å². The minimum atomic E-state index is -1.02. The van der Waals surface area contributed by atoms with Gasteiger partial charge in [0.2, 0.25) is 5.91 Å². The largest absolute Gasteiger partial charge is 0.478 e. The summed E-state index contributed by atoms with van der Waals surface area (Å²) < 4.78 is 2.23. The van der Waals surface area contributed by atoms with Gasteiger partial charge in [0.25, 0.3) is 5.91 Å². The molecule has 0 bridgehead atoms. The Morgan fingerprint density at radius 2 is 1.78 bits per heavy atom. The number of amides is 2. The number of thiophene rings is 1. The van der Waals surface area contributed by atoms with Crippen LogP contribution < -0.4 is 10.6 Å².